The van der Waals surface area contributed by atoms with Crippen molar-refractivity contribution in [2.75, 3.05) is 10.6 Å². The van der Waals surface area contributed by atoms with Gasteiger partial charge < -0.3 is 15.4 Å². The summed E-state index contributed by atoms with van der Waals surface area (Å²) in [6.07, 6.45) is 0.199. The van der Waals surface area contributed by atoms with Gasteiger partial charge in [-0.05, 0) is 67.1 Å². The summed E-state index contributed by atoms with van der Waals surface area (Å²) in [5.41, 5.74) is 3.85. The molecule has 0 spiro atoms. The fourth-order valence-electron chi connectivity index (χ4n) is 3.07. The maximum absolute atomic E-state index is 12.5. The monoisotopic (exact) mass is 465 g/mol. The Labute approximate surface area is 192 Å². The molecule has 0 unspecified atom stereocenters. The first kappa shape index (κ1) is 22.7. The van der Waals surface area contributed by atoms with Gasteiger partial charge in [-0.3, -0.25) is 9.78 Å². The average Bonchev–Trinajstić information content (AvgIpc) is 2.81. The zero-order valence-electron chi connectivity index (χ0n) is 17.8. The highest BCUT2D eigenvalue weighted by Gasteiger charge is 2.31. The summed E-state index contributed by atoms with van der Waals surface area (Å²) in [7, 11) is 0. The Morgan fingerprint density at radius 2 is 1.68 bits per heavy atom. The lowest BCUT2D eigenvalue weighted by atomic mass is 10.1. The maximum Gasteiger partial charge on any atom is 0.573 e. The van der Waals surface area contributed by atoms with Crippen molar-refractivity contribution in [3.63, 3.8) is 0 Å². The molecule has 7 nitrogen and oxygen atoms in total. The van der Waals surface area contributed by atoms with Gasteiger partial charge in [-0.1, -0.05) is 6.07 Å². The van der Waals surface area contributed by atoms with Crippen molar-refractivity contribution >= 4 is 23.2 Å². The van der Waals surface area contributed by atoms with E-state index in [0.717, 1.165) is 29.0 Å². The molecule has 2 N–H and O–H groups in total. The number of aryl methyl sites for hydroxylation is 1. The molecular formula is C24H18F3N5O2. The highest BCUT2D eigenvalue weighted by Crippen LogP contribution is 2.26. The number of aromatic nitrogens is 3. The molecule has 0 aliphatic carbocycles. The molecule has 0 saturated heterocycles. The number of anilines is 3. The van der Waals surface area contributed by atoms with Crippen LogP contribution in [0, 0.1) is 6.92 Å². The second kappa shape index (κ2) is 9.57. The molecule has 0 aliphatic rings. The van der Waals surface area contributed by atoms with Gasteiger partial charge >= 0.3 is 6.36 Å². The van der Waals surface area contributed by atoms with Crippen LogP contribution in [0.5, 0.6) is 5.75 Å². The SMILES string of the molecule is Cc1ccc(NC(=O)c2ccc(OC(F)(F)F)cc2)cc1Nc1nccc(-c2ccncc2)n1. The van der Waals surface area contributed by atoms with E-state index in [-0.39, 0.29) is 5.56 Å². The van der Waals surface area contributed by atoms with E-state index >= 15 is 0 Å². The van der Waals surface area contributed by atoms with Crippen LogP contribution in [-0.4, -0.2) is 27.2 Å². The zero-order chi connectivity index (χ0) is 24.1. The second-order valence-corrected chi connectivity index (χ2v) is 7.18. The number of carbonyl (C=O) groups is 1. The normalized spacial score (nSPS) is 11.1. The lowest BCUT2D eigenvalue weighted by Gasteiger charge is -2.12. The summed E-state index contributed by atoms with van der Waals surface area (Å²) in [5.74, 6) is -0.509. The van der Waals surface area contributed by atoms with Crippen molar-refractivity contribution < 1.29 is 22.7 Å². The van der Waals surface area contributed by atoms with Crippen LogP contribution in [0.3, 0.4) is 0 Å². The first-order valence-corrected chi connectivity index (χ1v) is 10.1. The summed E-state index contributed by atoms with van der Waals surface area (Å²) in [5, 5.41) is 5.88. The molecule has 4 aromatic rings. The number of pyridine rings is 1. The number of carbonyl (C=O) groups excluding carboxylic acids is 1. The van der Waals surface area contributed by atoms with E-state index in [1.165, 1.54) is 12.1 Å². The fourth-order valence-corrected chi connectivity index (χ4v) is 3.07. The minimum atomic E-state index is -4.80. The Bertz CT molecular complexity index is 1300. The number of rotatable bonds is 6. The minimum Gasteiger partial charge on any atom is -0.406 e. The quantitative estimate of drug-likeness (QED) is 0.377. The molecule has 2 aromatic heterocycles. The molecule has 2 heterocycles. The molecule has 4 rings (SSSR count). The van der Waals surface area contributed by atoms with Gasteiger partial charge in [0.15, 0.2) is 0 Å². The van der Waals surface area contributed by atoms with E-state index in [4.69, 9.17) is 0 Å². The predicted molar refractivity (Wildman–Crippen MR) is 121 cm³/mol. The highest BCUT2D eigenvalue weighted by molar-refractivity contribution is 6.04. The van der Waals surface area contributed by atoms with Crippen molar-refractivity contribution in [3.05, 3.63) is 90.4 Å². The van der Waals surface area contributed by atoms with E-state index in [0.29, 0.717) is 17.3 Å². The topological polar surface area (TPSA) is 89.0 Å². The third-order valence-electron chi connectivity index (χ3n) is 4.72. The number of halogens is 3. The molecule has 172 valence electrons. The number of ether oxygens (including phenoxy) is 1. The van der Waals surface area contributed by atoms with Crippen LogP contribution >= 0.6 is 0 Å². The van der Waals surface area contributed by atoms with Gasteiger partial charge in [0, 0.05) is 41.1 Å². The molecule has 34 heavy (non-hydrogen) atoms. The standard InChI is InChI=1S/C24H18F3N5O2/c1-15-2-5-18(30-22(33)17-3-6-19(7-4-17)34-24(25,26)27)14-21(15)32-23-29-13-10-20(31-23)16-8-11-28-12-9-16/h2-14H,1H3,(H,30,33)(H,29,31,32). The van der Waals surface area contributed by atoms with Crippen molar-refractivity contribution in [1.82, 2.24) is 15.0 Å². The maximum atomic E-state index is 12.5. The van der Waals surface area contributed by atoms with Crippen molar-refractivity contribution in [2.45, 2.75) is 13.3 Å². The van der Waals surface area contributed by atoms with E-state index < -0.39 is 18.0 Å². The number of hydrogen-bond acceptors (Lipinski definition) is 6. The van der Waals surface area contributed by atoms with Crippen molar-refractivity contribution in [3.8, 4) is 17.0 Å². The molecule has 10 heteroatoms. The van der Waals surface area contributed by atoms with Crippen LogP contribution in [0.1, 0.15) is 15.9 Å². The Hall–Kier alpha value is -4.47. The molecule has 1 amide bonds. The Balaban J connectivity index is 1.48. The van der Waals surface area contributed by atoms with Crippen LogP contribution in [0.25, 0.3) is 11.3 Å². The minimum absolute atomic E-state index is 0.179. The van der Waals surface area contributed by atoms with Gasteiger partial charge in [-0.2, -0.15) is 0 Å². The van der Waals surface area contributed by atoms with Gasteiger partial charge in [0.2, 0.25) is 5.95 Å². The molecule has 0 aliphatic heterocycles. The fraction of sp³-hybridized carbons (Fsp3) is 0.0833. The van der Waals surface area contributed by atoms with E-state index in [1.807, 2.05) is 25.1 Å². The zero-order valence-corrected chi connectivity index (χ0v) is 17.8. The molecule has 0 saturated carbocycles. The number of amides is 1. The van der Waals surface area contributed by atoms with Gasteiger partial charge in [0.05, 0.1) is 5.69 Å². The highest BCUT2D eigenvalue weighted by atomic mass is 19.4. The lowest BCUT2D eigenvalue weighted by molar-refractivity contribution is -0.274. The Morgan fingerprint density at radius 3 is 2.38 bits per heavy atom. The van der Waals surface area contributed by atoms with Crippen molar-refractivity contribution in [1.29, 1.82) is 0 Å². The molecule has 0 radical (unpaired) electrons. The van der Waals surface area contributed by atoms with Crippen LogP contribution in [0.4, 0.5) is 30.5 Å². The summed E-state index contributed by atoms with van der Waals surface area (Å²) >= 11 is 0. The number of hydrogen-bond donors (Lipinski definition) is 2. The Morgan fingerprint density at radius 1 is 0.941 bits per heavy atom. The molecule has 0 fully saturated rings. The smallest absolute Gasteiger partial charge is 0.406 e. The summed E-state index contributed by atoms with van der Waals surface area (Å²) in [6, 6.07) is 15.4. The molecule has 0 atom stereocenters. The summed E-state index contributed by atoms with van der Waals surface area (Å²) in [4.78, 5) is 25.3. The van der Waals surface area contributed by atoms with E-state index in [1.54, 1.807) is 36.8 Å². The van der Waals surface area contributed by atoms with Crippen LogP contribution in [-0.2, 0) is 0 Å². The molecular weight excluding hydrogens is 447 g/mol. The average molecular weight is 465 g/mol. The first-order chi connectivity index (χ1) is 16.3. The first-order valence-electron chi connectivity index (χ1n) is 10.1. The Kier molecular flexibility index (Phi) is 6.39. The number of nitrogens with one attached hydrogen (secondary N) is 2. The van der Waals surface area contributed by atoms with Crippen LogP contribution in [0.15, 0.2) is 79.3 Å². The third kappa shape index (κ3) is 5.85. The number of alkyl halides is 3. The van der Waals surface area contributed by atoms with Crippen LogP contribution < -0.4 is 15.4 Å². The predicted octanol–water partition coefficient (Wildman–Crippen LogP) is 5.74. The largest absolute Gasteiger partial charge is 0.573 e. The third-order valence-corrected chi connectivity index (χ3v) is 4.72. The van der Waals surface area contributed by atoms with E-state index in [2.05, 4.69) is 30.3 Å². The molecule has 2 aromatic carbocycles. The van der Waals surface area contributed by atoms with E-state index in [9.17, 15) is 18.0 Å². The van der Waals surface area contributed by atoms with Crippen molar-refractivity contribution in [2.24, 2.45) is 0 Å². The molecule has 0 bridgehead atoms. The number of nitrogens with zero attached hydrogens (tertiary/aromatic N) is 3. The lowest BCUT2D eigenvalue weighted by Crippen LogP contribution is -2.17. The summed E-state index contributed by atoms with van der Waals surface area (Å²) in [6.45, 7) is 1.89. The van der Waals surface area contributed by atoms with Crippen LogP contribution in [0.2, 0.25) is 0 Å². The van der Waals surface area contributed by atoms with Gasteiger partial charge in [0.1, 0.15) is 5.75 Å². The number of benzene rings is 2. The second-order valence-electron chi connectivity index (χ2n) is 7.18. The van der Waals surface area contributed by atoms with Gasteiger partial charge in [0.25, 0.3) is 5.91 Å². The summed E-state index contributed by atoms with van der Waals surface area (Å²) < 4.78 is 40.7. The van der Waals surface area contributed by atoms with Gasteiger partial charge in [-0.15, -0.1) is 13.2 Å². The van der Waals surface area contributed by atoms with Gasteiger partial charge in [-0.25, -0.2) is 9.97 Å².